The summed E-state index contributed by atoms with van der Waals surface area (Å²) in [5, 5.41) is 12.9. The van der Waals surface area contributed by atoms with Crippen LogP contribution in [0.4, 0.5) is 0 Å². The number of nitrogens with zero attached hydrogens (tertiary/aromatic N) is 2. The predicted molar refractivity (Wildman–Crippen MR) is 82.2 cm³/mol. The second-order valence-corrected chi connectivity index (χ2v) is 4.80. The second kappa shape index (κ2) is 7.51. The number of hydrogen-bond acceptors (Lipinski definition) is 3. The normalized spacial score (nSPS) is 10.0. The summed E-state index contributed by atoms with van der Waals surface area (Å²) in [6.45, 7) is 2.73. The van der Waals surface area contributed by atoms with E-state index in [1.807, 2.05) is 42.9 Å². The third-order valence-corrected chi connectivity index (χ3v) is 3.21. The number of ether oxygens (including phenoxy) is 1. The lowest BCUT2D eigenvalue weighted by atomic mass is 10.1. The summed E-state index contributed by atoms with van der Waals surface area (Å²) in [5.41, 5.74) is 3.21. The van der Waals surface area contributed by atoms with Crippen molar-refractivity contribution in [1.82, 2.24) is 9.78 Å². The van der Waals surface area contributed by atoms with Gasteiger partial charge in [-0.05, 0) is 36.8 Å². The number of aryl methyl sites for hydroxylation is 2. The number of hydrogen-bond donors (Lipinski definition) is 1. The molecule has 0 fully saturated rings. The van der Waals surface area contributed by atoms with E-state index in [-0.39, 0.29) is 6.61 Å². The molecular formula is C17H20N2O2. The molecule has 0 aliphatic carbocycles. The van der Waals surface area contributed by atoms with E-state index < -0.39 is 0 Å². The second-order valence-electron chi connectivity index (χ2n) is 4.80. The molecule has 0 radical (unpaired) electrons. The average molecular weight is 284 g/mol. The van der Waals surface area contributed by atoms with Crippen molar-refractivity contribution in [3.8, 4) is 17.6 Å². The zero-order valence-electron chi connectivity index (χ0n) is 12.5. The van der Waals surface area contributed by atoms with Crippen molar-refractivity contribution in [2.75, 3.05) is 13.2 Å². The number of aliphatic hydroxyl groups is 1. The van der Waals surface area contributed by atoms with Crippen LogP contribution in [0.25, 0.3) is 0 Å². The Morgan fingerprint density at radius 2 is 2.19 bits per heavy atom. The van der Waals surface area contributed by atoms with Crippen LogP contribution >= 0.6 is 0 Å². The lowest BCUT2D eigenvalue weighted by Gasteiger charge is -2.08. The molecule has 0 saturated heterocycles. The molecule has 0 unspecified atom stereocenters. The van der Waals surface area contributed by atoms with Crippen molar-refractivity contribution in [2.24, 2.45) is 7.05 Å². The molecule has 0 amide bonds. The van der Waals surface area contributed by atoms with Gasteiger partial charge in [0, 0.05) is 37.3 Å². The highest BCUT2D eigenvalue weighted by atomic mass is 16.5. The first kappa shape index (κ1) is 15.1. The summed E-state index contributed by atoms with van der Waals surface area (Å²) in [4.78, 5) is 0. The summed E-state index contributed by atoms with van der Waals surface area (Å²) in [5.74, 6) is 6.83. The van der Waals surface area contributed by atoms with Gasteiger partial charge in [0.25, 0.3) is 0 Å². The molecule has 0 bridgehead atoms. The number of rotatable bonds is 5. The summed E-state index contributed by atoms with van der Waals surface area (Å²) in [6, 6.07) is 7.87. The van der Waals surface area contributed by atoms with Crippen LogP contribution in [-0.2, 0) is 13.5 Å². The molecule has 1 N–H and O–H groups in total. The minimum atomic E-state index is 0.0985. The minimum Gasteiger partial charge on any atom is -0.493 e. The van der Waals surface area contributed by atoms with Gasteiger partial charge >= 0.3 is 0 Å². The molecule has 4 nitrogen and oxygen atoms in total. The molecule has 110 valence electrons. The Kier molecular flexibility index (Phi) is 5.42. The van der Waals surface area contributed by atoms with Gasteiger partial charge in [-0.2, -0.15) is 5.10 Å². The van der Waals surface area contributed by atoms with Crippen LogP contribution in [-0.4, -0.2) is 28.1 Å². The van der Waals surface area contributed by atoms with Gasteiger partial charge in [0.2, 0.25) is 0 Å². The molecule has 4 heteroatoms. The molecule has 0 aliphatic rings. The smallest absolute Gasteiger partial charge is 0.119 e. The molecule has 0 spiro atoms. The van der Waals surface area contributed by atoms with Crippen LogP contribution in [0.15, 0.2) is 30.5 Å². The number of aromatic nitrogens is 2. The third kappa shape index (κ3) is 4.37. The van der Waals surface area contributed by atoms with E-state index >= 15 is 0 Å². The third-order valence-electron chi connectivity index (χ3n) is 3.21. The van der Waals surface area contributed by atoms with Gasteiger partial charge in [-0.3, -0.25) is 4.68 Å². The standard InChI is InChI=1S/C17H20N2O2/c1-14-13-17(7-6-15(14)5-3-4-11-20)21-12-9-16-8-10-18-19(16)2/h6-8,10,13,20H,4,9,11-12H2,1-2H3. The SMILES string of the molecule is Cc1cc(OCCc2ccnn2C)ccc1C#CCCO. The molecule has 2 aromatic rings. The fourth-order valence-corrected chi connectivity index (χ4v) is 2.00. The van der Waals surface area contributed by atoms with E-state index in [1.165, 1.54) is 0 Å². The first-order valence-electron chi connectivity index (χ1n) is 7.01. The van der Waals surface area contributed by atoms with E-state index in [4.69, 9.17) is 9.84 Å². The van der Waals surface area contributed by atoms with Crippen LogP contribution < -0.4 is 4.74 Å². The van der Waals surface area contributed by atoms with Gasteiger partial charge in [-0.15, -0.1) is 0 Å². The Morgan fingerprint density at radius 3 is 2.86 bits per heavy atom. The largest absolute Gasteiger partial charge is 0.493 e. The molecule has 0 aliphatic heterocycles. The van der Waals surface area contributed by atoms with Crippen molar-refractivity contribution >= 4 is 0 Å². The summed E-state index contributed by atoms with van der Waals surface area (Å²) in [6.07, 6.45) is 3.12. The Bertz CT molecular complexity index is 650. The Balaban J connectivity index is 1.91. The molecule has 1 heterocycles. The van der Waals surface area contributed by atoms with Crippen LogP contribution in [0.2, 0.25) is 0 Å². The predicted octanol–water partition coefficient (Wildman–Crippen LogP) is 2.08. The monoisotopic (exact) mass is 284 g/mol. The number of aliphatic hydroxyl groups excluding tert-OH is 1. The summed E-state index contributed by atoms with van der Waals surface area (Å²) < 4.78 is 7.62. The highest BCUT2D eigenvalue weighted by molar-refractivity contribution is 5.44. The Hall–Kier alpha value is -2.25. The maximum absolute atomic E-state index is 8.72. The van der Waals surface area contributed by atoms with Crippen molar-refractivity contribution in [1.29, 1.82) is 0 Å². The maximum Gasteiger partial charge on any atom is 0.119 e. The van der Waals surface area contributed by atoms with Gasteiger partial charge in [-0.1, -0.05) is 11.8 Å². The molecule has 21 heavy (non-hydrogen) atoms. The van der Waals surface area contributed by atoms with Gasteiger partial charge in [-0.25, -0.2) is 0 Å². The molecule has 2 rings (SSSR count). The first-order valence-corrected chi connectivity index (χ1v) is 7.01. The average Bonchev–Trinajstić information content (AvgIpc) is 2.87. The van der Waals surface area contributed by atoms with Crippen molar-refractivity contribution in [2.45, 2.75) is 19.8 Å². The van der Waals surface area contributed by atoms with Gasteiger partial charge in [0.15, 0.2) is 0 Å². The minimum absolute atomic E-state index is 0.0985. The van der Waals surface area contributed by atoms with E-state index in [0.717, 1.165) is 29.0 Å². The van der Waals surface area contributed by atoms with Gasteiger partial charge < -0.3 is 9.84 Å². The van der Waals surface area contributed by atoms with Crippen LogP contribution in [0.3, 0.4) is 0 Å². The lowest BCUT2D eigenvalue weighted by molar-refractivity contribution is 0.305. The zero-order valence-corrected chi connectivity index (χ0v) is 12.5. The highest BCUT2D eigenvalue weighted by Gasteiger charge is 2.01. The van der Waals surface area contributed by atoms with Crippen LogP contribution in [0.1, 0.15) is 23.2 Å². The van der Waals surface area contributed by atoms with Crippen molar-refractivity contribution in [3.05, 3.63) is 47.3 Å². The topological polar surface area (TPSA) is 47.3 Å². The van der Waals surface area contributed by atoms with Gasteiger partial charge in [0.1, 0.15) is 5.75 Å². The zero-order chi connectivity index (χ0) is 15.1. The molecule has 0 atom stereocenters. The number of benzene rings is 1. The van der Waals surface area contributed by atoms with Crippen molar-refractivity contribution < 1.29 is 9.84 Å². The molecule has 1 aromatic carbocycles. The quantitative estimate of drug-likeness (QED) is 0.855. The van der Waals surface area contributed by atoms with Crippen LogP contribution in [0.5, 0.6) is 5.75 Å². The highest BCUT2D eigenvalue weighted by Crippen LogP contribution is 2.17. The van der Waals surface area contributed by atoms with Crippen LogP contribution in [0, 0.1) is 18.8 Å². The summed E-state index contributed by atoms with van der Waals surface area (Å²) in [7, 11) is 1.93. The van der Waals surface area contributed by atoms with Crippen molar-refractivity contribution in [3.63, 3.8) is 0 Å². The van der Waals surface area contributed by atoms with Gasteiger partial charge in [0.05, 0.1) is 13.2 Å². The molecule has 1 aromatic heterocycles. The van der Waals surface area contributed by atoms with E-state index in [9.17, 15) is 0 Å². The Morgan fingerprint density at radius 1 is 1.33 bits per heavy atom. The van der Waals surface area contributed by atoms with E-state index in [1.54, 1.807) is 6.20 Å². The fraction of sp³-hybridized carbons (Fsp3) is 0.353. The maximum atomic E-state index is 8.72. The van der Waals surface area contributed by atoms with E-state index in [2.05, 4.69) is 16.9 Å². The Labute approximate surface area is 125 Å². The summed E-state index contributed by atoms with van der Waals surface area (Å²) >= 11 is 0. The molecule has 0 saturated carbocycles. The fourth-order valence-electron chi connectivity index (χ4n) is 2.00. The van der Waals surface area contributed by atoms with E-state index in [0.29, 0.717) is 13.0 Å². The molecular weight excluding hydrogens is 264 g/mol. The lowest BCUT2D eigenvalue weighted by Crippen LogP contribution is -2.06. The first-order chi connectivity index (χ1) is 10.2.